The first-order chi connectivity index (χ1) is 16.4. The van der Waals surface area contributed by atoms with E-state index in [9.17, 15) is 5.11 Å². The number of rotatable bonds is 10. The molecule has 8 heteroatoms. The molecule has 0 saturated carbocycles. The quantitative estimate of drug-likeness (QED) is 0.445. The fourth-order valence-electron chi connectivity index (χ4n) is 3.94. The number of methoxy groups -OCH3 is 7. The van der Waals surface area contributed by atoms with Crippen molar-refractivity contribution in [3.63, 3.8) is 0 Å². The predicted octanol–water partition coefficient (Wildman–Crippen LogP) is 4.03. The average Bonchev–Trinajstić information content (AvgIpc) is 2.90. The second-order valence-electron chi connectivity index (χ2n) is 7.26. The third-order valence-electron chi connectivity index (χ3n) is 5.68. The van der Waals surface area contributed by atoms with Crippen LogP contribution in [0.1, 0.15) is 16.7 Å². The molecule has 0 aliphatic carbocycles. The van der Waals surface area contributed by atoms with Crippen molar-refractivity contribution < 1.29 is 38.3 Å². The fourth-order valence-corrected chi connectivity index (χ4v) is 3.94. The van der Waals surface area contributed by atoms with Crippen LogP contribution in [0, 0.1) is 0 Å². The zero-order valence-corrected chi connectivity index (χ0v) is 20.4. The molecule has 0 atom stereocenters. The second kappa shape index (κ2) is 10.4. The van der Waals surface area contributed by atoms with Gasteiger partial charge in [-0.2, -0.15) is 0 Å². The predicted molar refractivity (Wildman–Crippen MR) is 127 cm³/mol. The molecule has 182 valence electrons. The highest BCUT2D eigenvalue weighted by Crippen LogP contribution is 2.50. The zero-order chi connectivity index (χ0) is 24.9. The van der Waals surface area contributed by atoms with Crippen LogP contribution in [0.25, 0.3) is 0 Å². The highest BCUT2D eigenvalue weighted by Gasteiger charge is 2.41. The smallest absolute Gasteiger partial charge is 0.203 e. The van der Waals surface area contributed by atoms with E-state index in [0.717, 1.165) is 0 Å². The molecule has 8 nitrogen and oxygen atoms in total. The van der Waals surface area contributed by atoms with Crippen LogP contribution in [0.5, 0.6) is 40.2 Å². The molecule has 0 fully saturated rings. The van der Waals surface area contributed by atoms with Gasteiger partial charge in [0.2, 0.25) is 5.75 Å². The Balaban J connectivity index is 2.44. The Morgan fingerprint density at radius 2 is 0.912 bits per heavy atom. The topological polar surface area (TPSA) is 84.8 Å². The monoisotopic (exact) mass is 470 g/mol. The van der Waals surface area contributed by atoms with Gasteiger partial charge in [-0.05, 0) is 36.4 Å². The van der Waals surface area contributed by atoms with Crippen LogP contribution in [-0.4, -0.2) is 54.9 Å². The van der Waals surface area contributed by atoms with Crippen LogP contribution >= 0.6 is 0 Å². The van der Waals surface area contributed by atoms with Gasteiger partial charge in [-0.3, -0.25) is 0 Å². The molecule has 0 unspecified atom stereocenters. The number of aliphatic hydroxyl groups is 1. The standard InChI is InChI=1S/C26H30O8/c1-28-17-8-10-19(21(14-17)30-3)26(27,20-11-9-18(29-2)15-22(20)31-4)16-12-23(32-5)25(34-7)24(13-16)33-6/h8-15,27H,1-7H3. The van der Waals surface area contributed by atoms with Crippen molar-refractivity contribution in [1.82, 2.24) is 0 Å². The molecule has 0 aliphatic rings. The summed E-state index contributed by atoms with van der Waals surface area (Å²) in [6.45, 7) is 0. The highest BCUT2D eigenvalue weighted by atomic mass is 16.5. The van der Waals surface area contributed by atoms with Gasteiger partial charge in [0.1, 0.15) is 28.6 Å². The minimum atomic E-state index is -1.76. The summed E-state index contributed by atoms with van der Waals surface area (Å²) in [7, 11) is 10.7. The number of hydrogen-bond acceptors (Lipinski definition) is 8. The summed E-state index contributed by atoms with van der Waals surface area (Å²) >= 11 is 0. The summed E-state index contributed by atoms with van der Waals surface area (Å²) in [6, 6.07) is 13.8. The molecule has 0 aromatic heterocycles. The maximum Gasteiger partial charge on any atom is 0.203 e. The van der Waals surface area contributed by atoms with Gasteiger partial charge in [-0.1, -0.05) is 0 Å². The van der Waals surface area contributed by atoms with Gasteiger partial charge in [-0.15, -0.1) is 0 Å². The molecule has 0 amide bonds. The Labute approximate surface area is 199 Å². The van der Waals surface area contributed by atoms with E-state index in [4.69, 9.17) is 33.2 Å². The highest BCUT2D eigenvalue weighted by molar-refractivity contribution is 5.63. The van der Waals surface area contributed by atoms with Crippen LogP contribution in [0.15, 0.2) is 48.5 Å². The Morgan fingerprint density at radius 3 is 1.24 bits per heavy atom. The van der Waals surface area contributed by atoms with Crippen LogP contribution in [0.3, 0.4) is 0 Å². The van der Waals surface area contributed by atoms with E-state index >= 15 is 0 Å². The largest absolute Gasteiger partial charge is 0.497 e. The SMILES string of the molecule is COc1ccc(C(O)(c2cc(OC)c(OC)c(OC)c2)c2ccc(OC)cc2OC)c(OC)c1. The molecule has 0 heterocycles. The Morgan fingerprint density at radius 1 is 0.500 bits per heavy atom. The summed E-state index contributed by atoms with van der Waals surface area (Å²) < 4.78 is 38.6. The van der Waals surface area contributed by atoms with Crippen molar-refractivity contribution in [2.24, 2.45) is 0 Å². The molecule has 3 rings (SSSR count). The molecular weight excluding hydrogens is 440 g/mol. The van der Waals surface area contributed by atoms with E-state index in [1.165, 1.54) is 35.5 Å². The molecule has 0 bridgehead atoms. The van der Waals surface area contributed by atoms with E-state index < -0.39 is 5.60 Å². The molecule has 3 aromatic rings. The molecule has 0 aliphatic heterocycles. The van der Waals surface area contributed by atoms with Gasteiger partial charge in [0.25, 0.3) is 0 Å². The maximum absolute atomic E-state index is 12.6. The van der Waals surface area contributed by atoms with E-state index in [0.29, 0.717) is 56.9 Å². The summed E-state index contributed by atoms with van der Waals surface area (Å²) in [4.78, 5) is 0. The molecule has 0 radical (unpaired) electrons. The van der Waals surface area contributed by atoms with E-state index in [1.54, 1.807) is 62.8 Å². The number of hydrogen-bond donors (Lipinski definition) is 1. The first kappa shape index (κ1) is 24.9. The Bertz CT molecular complexity index is 1060. The first-order valence-electron chi connectivity index (χ1n) is 10.4. The van der Waals surface area contributed by atoms with Crippen molar-refractivity contribution in [2.45, 2.75) is 5.60 Å². The zero-order valence-electron chi connectivity index (χ0n) is 20.4. The maximum atomic E-state index is 12.6. The summed E-state index contributed by atoms with van der Waals surface area (Å²) in [5.41, 5.74) is -0.418. The third kappa shape index (κ3) is 4.24. The van der Waals surface area contributed by atoms with Crippen LogP contribution in [-0.2, 0) is 5.60 Å². The van der Waals surface area contributed by atoms with E-state index in [1.807, 2.05) is 0 Å². The van der Waals surface area contributed by atoms with E-state index in [2.05, 4.69) is 0 Å². The molecule has 0 spiro atoms. The van der Waals surface area contributed by atoms with Gasteiger partial charge < -0.3 is 38.3 Å². The Hall–Kier alpha value is -3.78. The van der Waals surface area contributed by atoms with Crippen molar-refractivity contribution >= 4 is 0 Å². The third-order valence-corrected chi connectivity index (χ3v) is 5.68. The second-order valence-corrected chi connectivity index (χ2v) is 7.26. The van der Waals surface area contributed by atoms with Crippen LogP contribution in [0.4, 0.5) is 0 Å². The average molecular weight is 471 g/mol. The number of benzene rings is 3. The minimum Gasteiger partial charge on any atom is -0.497 e. The van der Waals surface area contributed by atoms with Gasteiger partial charge in [0.15, 0.2) is 11.5 Å². The molecule has 3 aromatic carbocycles. The first-order valence-corrected chi connectivity index (χ1v) is 10.4. The summed E-state index contributed by atoms with van der Waals surface area (Å²) in [5.74, 6) is 3.15. The van der Waals surface area contributed by atoms with Crippen molar-refractivity contribution in [1.29, 1.82) is 0 Å². The summed E-state index contributed by atoms with van der Waals surface area (Å²) in [5, 5.41) is 12.6. The lowest BCUT2D eigenvalue weighted by atomic mass is 9.79. The molecule has 34 heavy (non-hydrogen) atoms. The van der Waals surface area contributed by atoms with E-state index in [-0.39, 0.29) is 0 Å². The molecular formula is C26H30O8. The molecule has 0 saturated heterocycles. The lowest BCUT2D eigenvalue weighted by Gasteiger charge is -2.33. The van der Waals surface area contributed by atoms with Gasteiger partial charge >= 0.3 is 0 Å². The minimum absolute atomic E-state index is 0.384. The Kier molecular flexibility index (Phi) is 7.63. The van der Waals surface area contributed by atoms with Crippen molar-refractivity contribution in [2.75, 3.05) is 49.8 Å². The van der Waals surface area contributed by atoms with Gasteiger partial charge in [0.05, 0.1) is 49.8 Å². The normalized spacial score (nSPS) is 10.9. The molecule has 1 N–H and O–H groups in total. The summed E-state index contributed by atoms with van der Waals surface area (Å²) in [6.07, 6.45) is 0. The van der Waals surface area contributed by atoms with Gasteiger partial charge in [0, 0.05) is 28.8 Å². The number of ether oxygens (including phenoxy) is 7. The van der Waals surface area contributed by atoms with Crippen LogP contribution < -0.4 is 33.2 Å². The van der Waals surface area contributed by atoms with Crippen LogP contribution in [0.2, 0.25) is 0 Å². The fraction of sp³-hybridized carbons (Fsp3) is 0.308. The van der Waals surface area contributed by atoms with Crippen molar-refractivity contribution in [3.8, 4) is 40.2 Å². The van der Waals surface area contributed by atoms with Crippen molar-refractivity contribution in [3.05, 3.63) is 65.2 Å². The van der Waals surface area contributed by atoms with Gasteiger partial charge in [-0.25, -0.2) is 0 Å². The lowest BCUT2D eigenvalue weighted by Crippen LogP contribution is -2.30. The lowest BCUT2D eigenvalue weighted by molar-refractivity contribution is 0.117.